The van der Waals surface area contributed by atoms with Crippen LogP contribution in [0.1, 0.15) is 18.1 Å². The van der Waals surface area contributed by atoms with Crippen molar-refractivity contribution in [2.75, 3.05) is 11.5 Å². The summed E-state index contributed by atoms with van der Waals surface area (Å²) < 4.78 is 23.1. The standard InChI is InChI=1S/C15H16O3S/c16-15(12-8-9-19(17,18)10-12)14-7-3-5-11-4-1-2-6-13(11)14/h1-7,12,15-16H,8-10H2. The van der Waals surface area contributed by atoms with Crippen molar-refractivity contribution < 1.29 is 13.5 Å². The minimum atomic E-state index is -2.96. The topological polar surface area (TPSA) is 54.4 Å². The monoisotopic (exact) mass is 276 g/mol. The Morgan fingerprint density at radius 3 is 2.58 bits per heavy atom. The number of aliphatic hydroxyl groups is 1. The maximum Gasteiger partial charge on any atom is 0.150 e. The molecule has 3 rings (SSSR count). The molecule has 1 aliphatic rings. The van der Waals surface area contributed by atoms with E-state index < -0.39 is 15.9 Å². The Hall–Kier alpha value is -1.39. The van der Waals surface area contributed by atoms with Gasteiger partial charge in [0, 0.05) is 5.92 Å². The lowest BCUT2D eigenvalue weighted by Gasteiger charge is -2.18. The van der Waals surface area contributed by atoms with Crippen LogP contribution in [0.5, 0.6) is 0 Å². The summed E-state index contributed by atoms with van der Waals surface area (Å²) in [6.07, 6.45) is -0.157. The molecule has 1 saturated heterocycles. The first kappa shape index (κ1) is 12.6. The Bertz CT molecular complexity index is 701. The van der Waals surface area contributed by atoms with Gasteiger partial charge in [0.25, 0.3) is 0 Å². The molecule has 19 heavy (non-hydrogen) atoms. The highest BCUT2D eigenvalue weighted by Gasteiger charge is 2.33. The minimum Gasteiger partial charge on any atom is -0.388 e. The Balaban J connectivity index is 2.00. The van der Waals surface area contributed by atoms with Crippen LogP contribution in [0.3, 0.4) is 0 Å². The van der Waals surface area contributed by atoms with E-state index in [4.69, 9.17) is 0 Å². The number of rotatable bonds is 2. The average molecular weight is 276 g/mol. The second-order valence-electron chi connectivity index (χ2n) is 5.18. The van der Waals surface area contributed by atoms with Gasteiger partial charge in [0.2, 0.25) is 0 Å². The molecule has 1 aliphatic heterocycles. The van der Waals surface area contributed by atoms with E-state index in [-0.39, 0.29) is 17.4 Å². The van der Waals surface area contributed by atoms with Gasteiger partial charge in [-0.05, 0) is 22.8 Å². The maximum atomic E-state index is 11.5. The molecular weight excluding hydrogens is 260 g/mol. The van der Waals surface area contributed by atoms with Crippen molar-refractivity contribution in [2.45, 2.75) is 12.5 Å². The summed E-state index contributed by atoms with van der Waals surface area (Å²) in [6.45, 7) is 0. The first-order valence-corrected chi connectivity index (χ1v) is 8.25. The lowest BCUT2D eigenvalue weighted by molar-refractivity contribution is 0.122. The molecule has 0 saturated carbocycles. The van der Waals surface area contributed by atoms with Crippen LogP contribution < -0.4 is 0 Å². The molecule has 3 nitrogen and oxygen atoms in total. The van der Waals surface area contributed by atoms with Crippen LogP contribution >= 0.6 is 0 Å². The fourth-order valence-corrected chi connectivity index (χ4v) is 4.66. The van der Waals surface area contributed by atoms with E-state index in [1.165, 1.54) is 0 Å². The smallest absolute Gasteiger partial charge is 0.150 e. The maximum absolute atomic E-state index is 11.5. The molecule has 1 heterocycles. The van der Waals surface area contributed by atoms with E-state index in [1.54, 1.807) is 0 Å². The summed E-state index contributed by atoms with van der Waals surface area (Å²) in [4.78, 5) is 0. The minimum absolute atomic E-state index is 0.0946. The van der Waals surface area contributed by atoms with Crippen molar-refractivity contribution in [3.63, 3.8) is 0 Å². The lowest BCUT2D eigenvalue weighted by atomic mass is 9.91. The summed E-state index contributed by atoms with van der Waals surface area (Å²) in [7, 11) is -2.96. The molecule has 100 valence electrons. The molecule has 0 aromatic heterocycles. The van der Waals surface area contributed by atoms with Crippen LogP contribution in [0.2, 0.25) is 0 Å². The SMILES string of the molecule is O=S1(=O)CCC(C(O)c2cccc3ccccc23)C1. The van der Waals surface area contributed by atoms with Gasteiger partial charge in [-0.15, -0.1) is 0 Å². The molecule has 2 atom stereocenters. The van der Waals surface area contributed by atoms with Crippen LogP contribution in [0.15, 0.2) is 42.5 Å². The molecular formula is C15H16O3S. The van der Waals surface area contributed by atoms with Gasteiger partial charge in [-0.2, -0.15) is 0 Å². The molecule has 1 N–H and O–H groups in total. The van der Waals surface area contributed by atoms with Crippen LogP contribution in [0.25, 0.3) is 10.8 Å². The highest BCUT2D eigenvalue weighted by atomic mass is 32.2. The van der Waals surface area contributed by atoms with Gasteiger partial charge in [0.1, 0.15) is 0 Å². The normalized spacial score (nSPS) is 23.5. The summed E-state index contributed by atoms with van der Waals surface area (Å²) in [5, 5.41) is 12.6. The third-order valence-corrected chi connectivity index (χ3v) is 5.65. The first-order chi connectivity index (χ1) is 9.07. The highest BCUT2D eigenvalue weighted by molar-refractivity contribution is 7.91. The Morgan fingerprint density at radius 1 is 1.11 bits per heavy atom. The summed E-state index contributed by atoms with van der Waals surface area (Å²) in [5.41, 5.74) is 0.834. The Labute approximate surface area is 112 Å². The zero-order valence-corrected chi connectivity index (χ0v) is 11.3. The highest BCUT2D eigenvalue weighted by Crippen LogP contribution is 2.34. The van der Waals surface area contributed by atoms with Crippen LogP contribution in [0.4, 0.5) is 0 Å². The molecule has 2 aromatic carbocycles. The molecule has 2 aromatic rings. The lowest BCUT2D eigenvalue weighted by Crippen LogP contribution is -2.14. The average Bonchev–Trinajstić information content (AvgIpc) is 2.78. The number of sulfone groups is 1. The van der Waals surface area contributed by atoms with Crippen molar-refractivity contribution in [1.82, 2.24) is 0 Å². The predicted octanol–water partition coefficient (Wildman–Crippen LogP) is 2.31. The van der Waals surface area contributed by atoms with Crippen molar-refractivity contribution in [3.05, 3.63) is 48.0 Å². The van der Waals surface area contributed by atoms with Crippen LogP contribution in [-0.4, -0.2) is 25.0 Å². The zero-order chi connectivity index (χ0) is 13.5. The van der Waals surface area contributed by atoms with E-state index in [9.17, 15) is 13.5 Å². The van der Waals surface area contributed by atoms with E-state index in [0.717, 1.165) is 16.3 Å². The van der Waals surface area contributed by atoms with Gasteiger partial charge in [0.15, 0.2) is 9.84 Å². The Morgan fingerprint density at radius 2 is 1.84 bits per heavy atom. The predicted molar refractivity (Wildman–Crippen MR) is 75.7 cm³/mol. The van der Waals surface area contributed by atoms with Gasteiger partial charge in [0.05, 0.1) is 17.6 Å². The Kier molecular flexibility index (Phi) is 3.07. The molecule has 0 amide bonds. The van der Waals surface area contributed by atoms with Gasteiger partial charge >= 0.3 is 0 Å². The van der Waals surface area contributed by atoms with Crippen molar-refractivity contribution in [1.29, 1.82) is 0 Å². The second kappa shape index (κ2) is 4.62. The molecule has 4 heteroatoms. The molecule has 0 bridgehead atoms. The third kappa shape index (κ3) is 2.38. The first-order valence-electron chi connectivity index (χ1n) is 6.43. The molecule has 1 fully saturated rings. The fourth-order valence-electron chi connectivity index (χ4n) is 2.84. The molecule has 0 aliphatic carbocycles. The quantitative estimate of drug-likeness (QED) is 0.915. The summed E-state index contributed by atoms with van der Waals surface area (Å²) >= 11 is 0. The third-order valence-electron chi connectivity index (χ3n) is 3.86. The van der Waals surface area contributed by atoms with Gasteiger partial charge in [-0.1, -0.05) is 42.5 Å². The van der Waals surface area contributed by atoms with Crippen molar-refractivity contribution in [3.8, 4) is 0 Å². The number of hydrogen-bond acceptors (Lipinski definition) is 3. The summed E-state index contributed by atoms with van der Waals surface area (Å²) in [6, 6.07) is 13.6. The van der Waals surface area contributed by atoms with Gasteiger partial charge in [-0.25, -0.2) is 8.42 Å². The second-order valence-corrected chi connectivity index (χ2v) is 7.41. The van der Waals surface area contributed by atoms with Crippen molar-refractivity contribution >= 4 is 20.6 Å². The number of aliphatic hydroxyl groups excluding tert-OH is 1. The van der Waals surface area contributed by atoms with E-state index in [2.05, 4.69) is 0 Å². The van der Waals surface area contributed by atoms with Crippen LogP contribution in [-0.2, 0) is 9.84 Å². The number of fused-ring (bicyclic) bond motifs is 1. The van der Waals surface area contributed by atoms with Gasteiger partial charge < -0.3 is 5.11 Å². The molecule has 0 spiro atoms. The molecule has 0 radical (unpaired) electrons. The number of benzene rings is 2. The molecule has 2 unspecified atom stereocenters. The fraction of sp³-hybridized carbons (Fsp3) is 0.333. The van der Waals surface area contributed by atoms with Crippen LogP contribution in [0, 0.1) is 5.92 Å². The number of hydrogen-bond donors (Lipinski definition) is 1. The van der Waals surface area contributed by atoms with Crippen molar-refractivity contribution in [2.24, 2.45) is 5.92 Å². The van der Waals surface area contributed by atoms with E-state index in [0.29, 0.717) is 6.42 Å². The van der Waals surface area contributed by atoms with E-state index >= 15 is 0 Å². The largest absolute Gasteiger partial charge is 0.388 e. The zero-order valence-electron chi connectivity index (χ0n) is 10.5. The van der Waals surface area contributed by atoms with Gasteiger partial charge in [-0.3, -0.25) is 0 Å². The van der Waals surface area contributed by atoms with E-state index in [1.807, 2.05) is 42.5 Å². The summed E-state index contributed by atoms with van der Waals surface area (Å²) in [5.74, 6) is 0.104.